The van der Waals surface area contributed by atoms with Gasteiger partial charge in [0.05, 0.1) is 10.4 Å². The second-order valence-electron chi connectivity index (χ2n) is 5.40. The number of piperidine rings is 1. The summed E-state index contributed by atoms with van der Waals surface area (Å²) in [6.45, 7) is 3.11. The summed E-state index contributed by atoms with van der Waals surface area (Å²) in [4.78, 5) is 19.0. The van der Waals surface area contributed by atoms with Gasteiger partial charge in [0.2, 0.25) is 0 Å². The fourth-order valence-corrected chi connectivity index (χ4v) is 2.73. The smallest absolute Gasteiger partial charge is 0.270 e. The van der Waals surface area contributed by atoms with Crippen LogP contribution in [-0.4, -0.2) is 33.5 Å². The summed E-state index contributed by atoms with van der Waals surface area (Å²) in [5.74, 6) is 0.669. The molecule has 21 heavy (non-hydrogen) atoms. The maximum absolute atomic E-state index is 10.9. The molecule has 1 saturated heterocycles. The number of hydrogen-bond donors (Lipinski definition) is 2. The van der Waals surface area contributed by atoms with Crippen LogP contribution in [0.1, 0.15) is 19.8 Å². The molecule has 2 atom stereocenters. The highest BCUT2D eigenvalue weighted by Crippen LogP contribution is 2.25. The molecule has 1 aliphatic rings. The van der Waals surface area contributed by atoms with Crippen LogP contribution in [0.4, 0.5) is 11.5 Å². The topological polar surface area (TPSA) is 93.0 Å². The molecule has 0 spiro atoms. The van der Waals surface area contributed by atoms with Gasteiger partial charge < -0.3 is 10.6 Å². The van der Waals surface area contributed by atoms with Crippen molar-refractivity contribution < 1.29 is 4.92 Å². The van der Waals surface area contributed by atoms with E-state index >= 15 is 0 Å². The third-order valence-corrected chi connectivity index (χ3v) is 3.79. The van der Waals surface area contributed by atoms with Gasteiger partial charge in [-0.1, -0.05) is 0 Å². The van der Waals surface area contributed by atoms with E-state index in [2.05, 4.69) is 27.5 Å². The molecule has 2 heterocycles. The molecule has 0 bridgehead atoms. The zero-order chi connectivity index (χ0) is 14.8. The first kappa shape index (κ1) is 13.7. The summed E-state index contributed by atoms with van der Waals surface area (Å²) in [5, 5.41) is 18.4. The van der Waals surface area contributed by atoms with E-state index in [4.69, 9.17) is 0 Å². The van der Waals surface area contributed by atoms with Crippen LogP contribution in [0.15, 0.2) is 24.5 Å². The standard InChI is InChI=1S/C14H17N5O2/c1-9-6-10(4-5-15-9)18-14-12-7-11(19(20)21)2-3-13(12)16-8-17-14/h2-3,7-10,15H,4-6H2,1H3,(H,16,17,18). The number of anilines is 1. The predicted octanol–water partition coefficient (Wildman–Crippen LogP) is 2.09. The quantitative estimate of drug-likeness (QED) is 0.663. The second-order valence-corrected chi connectivity index (χ2v) is 5.40. The Balaban J connectivity index is 1.93. The molecule has 0 saturated carbocycles. The zero-order valence-corrected chi connectivity index (χ0v) is 11.7. The van der Waals surface area contributed by atoms with Crippen LogP contribution in [0, 0.1) is 10.1 Å². The Hall–Kier alpha value is -2.28. The van der Waals surface area contributed by atoms with Crippen molar-refractivity contribution in [3.8, 4) is 0 Å². The first-order chi connectivity index (χ1) is 10.1. The first-order valence-corrected chi connectivity index (χ1v) is 7.02. The van der Waals surface area contributed by atoms with Crippen LogP contribution in [-0.2, 0) is 0 Å². The van der Waals surface area contributed by atoms with E-state index < -0.39 is 4.92 Å². The summed E-state index contributed by atoms with van der Waals surface area (Å²) < 4.78 is 0. The number of rotatable bonds is 3. The minimum Gasteiger partial charge on any atom is -0.367 e. The molecule has 2 unspecified atom stereocenters. The Morgan fingerprint density at radius 1 is 1.43 bits per heavy atom. The minimum absolute atomic E-state index is 0.0547. The largest absolute Gasteiger partial charge is 0.367 e. The molecule has 7 heteroatoms. The van der Waals surface area contributed by atoms with E-state index in [0.717, 1.165) is 19.4 Å². The number of nitrogens with zero attached hydrogens (tertiary/aromatic N) is 3. The Morgan fingerprint density at radius 3 is 3.05 bits per heavy atom. The van der Waals surface area contributed by atoms with E-state index in [0.29, 0.717) is 28.8 Å². The van der Waals surface area contributed by atoms with Gasteiger partial charge in [0.25, 0.3) is 5.69 Å². The van der Waals surface area contributed by atoms with E-state index in [-0.39, 0.29) is 5.69 Å². The Kier molecular flexibility index (Phi) is 3.66. The van der Waals surface area contributed by atoms with Crippen molar-refractivity contribution in [3.63, 3.8) is 0 Å². The third kappa shape index (κ3) is 2.92. The number of aromatic nitrogens is 2. The van der Waals surface area contributed by atoms with Gasteiger partial charge in [-0.25, -0.2) is 9.97 Å². The Labute approximate surface area is 121 Å². The predicted molar refractivity (Wildman–Crippen MR) is 80.3 cm³/mol. The molecule has 1 aliphatic heterocycles. The molecule has 2 N–H and O–H groups in total. The molecule has 7 nitrogen and oxygen atoms in total. The average Bonchev–Trinajstić information content (AvgIpc) is 2.47. The van der Waals surface area contributed by atoms with Crippen LogP contribution in [0.3, 0.4) is 0 Å². The molecule has 0 radical (unpaired) electrons. The molecule has 0 amide bonds. The van der Waals surface area contributed by atoms with Gasteiger partial charge in [-0.15, -0.1) is 0 Å². The van der Waals surface area contributed by atoms with Gasteiger partial charge in [0.15, 0.2) is 0 Å². The Morgan fingerprint density at radius 2 is 2.29 bits per heavy atom. The van der Waals surface area contributed by atoms with Crippen LogP contribution >= 0.6 is 0 Å². The number of benzene rings is 1. The van der Waals surface area contributed by atoms with Crippen LogP contribution in [0.2, 0.25) is 0 Å². The molecular formula is C14H17N5O2. The number of nitro benzene ring substituents is 1. The lowest BCUT2D eigenvalue weighted by atomic mass is 10.0. The molecule has 1 aromatic heterocycles. The van der Waals surface area contributed by atoms with E-state index in [1.165, 1.54) is 18.5 Å². The maximum Gasteiger partial charge on any atom is 0.270 e. The fraction of sp³-hybridized carbons (Fsp3) is 0.429. The summed E-state index contributed by atoms with van der Waals surface area (Å²) in [7, 11) is 0. The zero-order valence-electron chi connectivity index (χ0n) is 11.7. The van der Waals surface area contributed by atoms with Gasteiger partial charge in [-0.3, -0.25) is 10.1 Å². The van der Waals surface area contributed by atoms with Gasteiger partial charge in [0, 0.05) is 29.6 Å². The van der Waals surface area contributed by atoms with Crippen molar-refractivity contribution in [1.29, 1.82) is 0 Å². The van der Waals surface area contributed by atoms with Crippen molar-refractivity contribution in [1.82, 2.24) is 15.3 Å². The number of hydrogen-bond acceptors (Lipinski definition) is 6. The number of nitrogens with one attached hydrogen (secondary N) is 2. The van der Waals surface area contributed by atoms with E-state index in [1.54, 1.807) is 6.07 Å². The van der Waals surface area contributed by atoms with E-state index in [9.17, 15) is 10.1 Å². The highest BCUT2D eigenvalue weighted by atomic mass is 16.6. The average molecular weight is 287 g/mol. The minimum atomic E-state index is -0.400. The number of non-ortho nitro benzene ring substituents is 1. The van der Waals surface area contributed by atoms with Crippen molar-refractivity contribution in [2.24, 2.45) is 0 Å². The summed E-state index contributed by atoms with van der Waals surface area (Å²) in [6, 6.07) is 5.43. The first-order valence-electron chi connectivity index (χ1n) is 7.02. The lowest BCUT2D eigenvalue weighted by Crippen LogP contribution is -2.41. The van der Waals surface area contributed by atoms with Crippen molar-refractivity contribution in [2.45, 2.75) is 31.8 Å². The highest BCUT2D eigenvalue weighted by Gasteiger charge is 2.19. The molecule has 1 fully saturated rings. The SMILES string of the molecule is CC1CC(Nc2ncnc3ccc([N+](=O)[O-])cc23)CCN1. The maximum atomic E-state index is 10.9. The number of fused-ring (bicyclic) bond motifs is 1. The molecule has 0 aliphatic carbocycles. The van der Waals surface area contributed by atoms with Gasteiger partial charge in [-0.05, 0) is 32.4 Å². The van der Waals surface area contributed by atoms with Crippen molar-refractivity contribution in [2.75, 3.05) is 11.9 Å². The molecular weight excluding hydrogens is 270 g/mol. The van der Waals surface area contributed by atoms with Gasteiger partial charge in [-0.2, -0.15) is 0 Å². The molecule has 2 aromatic rings. The lowest BCUT2D eigenvalue weighted by molar-refractivity contribution is -0.384. The normalized spacial score (nSPS) is 22.1. The fourth-order valence-electron chi connectivity index (χ4n) is 2.73. The number of nitro groups is 1. The van der Waals surface area contributed by atoms with E-state index in [1.807, 2.05) is 0 Å². The molecule has 3 rings (SSSR count). The van der Waals surface area contributed by atoms with Crippen LogP contribution < -0.4 is 10.6 Å². The van der Waals surface area contributed by atoms with Crippen LogP contribution in [0.5, 0.6) is 0 Å². The summed E-state index contributed by atoms with van der Waals surface area (Å²) in [6.07, 6.45) is 3.49. The van der Waals surface area contributed by atoms with Gasteiger partial charge >= 0.3 is 0 Å². The molecule has 1 aromatic carbocycles. The lowest BCUT2D eigenvalue weighted by Gasteiger charge is -2.29. The monoisotopic (exact) mass is 287 g/mol. The van der Waals surface area contributed by atoms with Crippen molar-refractivity contribution >= 4 is 22.4 Å². The van der Waals surface area contributed by atoms with Gasteiger partial charge in [0.1, 0.15) is 12.1 Å². The highest BCUT2D eigenvalue weighted by molar-refractivity contribution is 5.90. The van der Waals surface area contributed by atoms with Crippen molar-refractivity contribution in [3.05, 3.63) is 34.6 Å². The summed E-state index contributed by atoms with van der Waals surface area (Å²) in [5.41, 5.74) is 0.763. The Bertz CT molecular complexity index is 675. The second kappa shape index (κ2) is 5.61. The van der Waals surface area contributed by atoms with Crippen LogP contribution in [0.25, 0.3) is 10.9 Å². The third-order valence-electron chi connectivity index (χ3n) is 3.79. The molecule has 110 valence electrons. The summed E-state index contributed by atoms with van der Waals surface area (Å²) >= 11 is 0.